The summed E-state index contributed by atoms with van der Waals surface area (Å²) >= 11 is 0. The first kappa shape index (κ1) is 16.5. The van der Waals surface area contributed by atoms with Crippen molar-refractivity contribution in [2.45, 2.75) is 32.5 Å². The van der Waals surface area contributed by atoms with Gasteiger partial charge < -0.3 is 15.3 Å². The Morgan fingerprint density at radius 3 is 2.22 bits per heavy atom. The Labute approximate surface area is 103 Å². The minimum absolute atomic E-state index is 0.469. The lowest BCUT2D eigenvalue weighted by Crippen LogP contribution is -2.46. The van der Waals surface area contributed by atoms with Crippen molar-refractivity contribution < 1.29 is 27.9 Å². The van der Waals surface area contributed by atoms with Crippen LogP contribution in [0, 0.1) is 5.92 Å². The van der Waals surface area contributed by atoms with Gasteiger partial charge in [0.15, 0.2) is 0 Å². The molecule has 0 bridgehead atoms. The Hall–Kier alpha value is -1.47. The van der Waals surface area contributed by atoms with Crippen molar-refractivity contribution in [2.24, 2.45) is 5.92 Å². The first-order valence-corrected chi connectivity index (χ1v) is 5.35. The molecule has 0 heterocycles. The van der Waals surface area contributed by atoms with E-state index in [1.807, 2.05) is 0 Å². The summed E-state index contributed by atoms with van der Waals surface area (Å²) in [5.41, 5.74) is 0. The lowest BCUT2D eigenvalue weighted by Gasteiger charge is -2.23. The monoisotopic (exact) mass is 270 g/mol. The molecule has 0 aliphatic heterocycles. The second-order valence-corrected chi connectivity index (χ2v) is 4.15. The number of carbonyl (C=O) groups excluding carboxylic acids is 1. The van der Waals surface area contributed by atoms with E-state index < -0.39 is 43.1 Å². The fraction of sp³-hybridized carbons (Fsp3) is 0.800. The van der Waals surface area contributed by atoms with E-state index in [0.29, 0.717) is 0 Å². The van der Waals surface area contributed by atoms with E-state index in [1.54, 1.807) is 0 Å². The molecule has 0 radical (unpaired) electrons. The van der Waals surface area contributed by atoms with Gasteiger partial charge in [-0.15, -0.1) is 0 Å². The molecule has 2 unspecified atom stereocenters. The number of carboxylic acids is 1. The van der Waals surface area contributed by atoms with Crippen LogP contribution in [0.2, 0.25) is 0 Å². The van der Waals surface area contributed by atoms with E-state index in [4.69, 9.17) is 5.11 Å². The van der Waals surface area contributed by atoms with Crippen LogP contribution in [0.15, 0.2) is 0 Å². The largest absolute Gasteiger partial charge is 0.481 e. The number of urea groups is 1. The molecular weight excluding hydrogens is 253 g/mol. The molecule has 5 nitrogen and oxygen atoms in total. The number of halogens is 3. The van der Waals surface area contributed by atoms with Crippen molar-refractivity contribution >= 4 is 12.0 Å². The van der Waals surface area contributed by atoms with Crippen LogP contribution in [0.3, 0.4) is 0 Å². The summed E-state index contributed by atoms with van der Waals surface area (Å²) in [6.45, 7) is 2.42. The second-order valence-electron chi connectivity index (χ2n) is 4.15. The van der Waals surface area contributed by atoms with E-state index in [1.165, 1.54) is 20.9 Å². The Morgan fingerprint density at radius 2 is 1.83 bits per heavy atom. The van der Waals surface area contributed by atoms with Crippen LogP contribution in [-0.2, 0) is 4.79 Å². The molecule has 0 saturated carbocycles. The standard InChI is InChI=1S/C10H17F3N2O3/c1-6(8(16)17)7(2)14-9(18)15(3)5-4-10(11,12)13/h6-7H,4-5H2,1-3H3,(H,14,18)(H,16,17). The maximum atomic E-state index is 11.9. The quantitative estimate of drug-likeness (QED) is 0.798. The number of carboxylic acid groups (broad SMARTS) is 1. The summed E-state index contributed by atoms with van der Waals surface area (Å²) in [5, 5.41) is 11.0. The van der Waals surface area contributed by atoms with Crippen LogP contribution in [0.5, 0.6) is 0 Å². The smallest absolute Gasteiger partial charge is 0.390 e. The molecule has 0 aromatic heterocycles. The summed E-state index contributed by atoms with van der Waals surface area (Å²) in [4.78, 5) is 23.0. The van der Waals surface area contributed by atoms with Crippen molar-refractivity contribution in [2.75, 3.05) is 13.6 Å². The topological polar surface area (TPSA) is 69.6 Å². The lowest BCUT2D eigenvalue weighted by molar-refractivity contribution is -0.141. The van der Waals surface area contributed by atoms with Crippen LogP contribution in [-0.4, -0.2) is 47.8 Å². The SMILES string of the molecule is CC(NC(=O)N(C)CCC(F)(F)F)C(C)C(=O)O. The van der Waals surface area contributed by atoms with Crippen LogP contribution in [0.25, 0.3) is 0 Å². The number of nitrogens with one attached hydrogen (secondary N) is 1. The molecule has 0 spiro atoms. The lowest BCUT2D eigenvalue weighted by atomic mass is 10.0. The molecule has 0 rings (SSSR count). The van der Waals surface area contributed by atoms with Crippen molar-refractivity contribution in [1.82, 2.24) is 10.2 Å². The third-order valence-corrected chi connectivity index (χ3v) is 2.57. The van der Waals surface area contributed by atoms with Gasteiger partial charge in [-0.3, -0.25) is 4.79 Å². The van der Waals surface area contributed by atoms with E-state index in [2.05, 4.69) is 5.32 Å². The number of aliphatic carboxylic acids is 1. The van der Waals surface area contributed by atoms with Crippen LogP contribution >= 0.6 is 0 Å². The highest BCUT2D eigenvalue weighted by atomic mass is 19.4. The summed E-state index contributed by atoms with van der Waals surface area (Å²) in [5.74, 6) is -1.90. The molecule has 106 valence electrons. The molecular formula is C10H17F3N2O3. The normalized spacial score (nSPS) is 14.8. The highest BCUT2D eigenvalue weighted by Gasteiger charge is 2.28. The van der Waals surface area contributed by atoms with Crippen LogP contribution in [0.1, 0.15) is 20.3 Å². The molecule has 0 fully saturated rings. The number of rotatable bonds is 5. The molecule has 0 saturated heterocycles. The van der Waals surface area contributed by atoms with Gasteiger partial charge in [0.2, 0.25) is 0 Å². The third-order valence-electron chi connectivity index (χ3n) is 2.57. The van der Waals surface area contributed by atoms with E-state index in [0.717, 1.165) is 4.90 Å². The minimum Gasteiger partial charge on any atom is -0.481 e. The number of alkyl halides is 3. The van der Waals surface area contributed by atoms with Gasteiger partial charge in [0.05, 0.1) is 12.3 Å². The number of amides is 2. The van der Waals surface area contributed by atoms with Gasteiger partial charge >= 0.3 is 18.2 Å². The number of nitrogens with zero attached hydrogens (tertiary/aromatic N) is 1. The van der Waals surface area contributed by atoms with E-state index >= 15 is 0 Å². The molecule has 8 heteroatoms. The Bertz CT molecular complexity index is 307. The number of carbonyl (C=O) groups is 2. The van der Waals surface area contributed by atoms with Crippen molar-refractivity contribution in [3.63, 3.8) is 0 Å². The molecule has 2 amide bonds. The highest BCUT2D eigenvalue weighted by molar-refractivity contribution is 5.76. The minimum atomic E-state index is -4.32. The zero-order valence-electron chi connectivity index (χ0n) is 10.4. The van der Waals surface area contributed by atoms with Crippen molar-refractivity contribution in [3.8, 4) is 0 Å². The average molecular weight is 270 g/mol. The predicted octanol–water partition coefficient (Wildman–Crippen LogP) is 1.69. The molecule has 18 heavy (non-hydrogen) atoms. The van der Waals surface area contributed by atoms with Gasteiger partial charge in [0, 0.05) is 19.6 Å². The maximum absolute atomic E-state index is 11.9. The second kappa shape index (κ2) is 6.46. The maximum Gasteiger partial charge on any atom is 0.390 e. The molecule has 0 aliphatic carbocycles. The Kier molecular flexibility index (Phi) is 5.93. The van der Waals surface area contributed by atoms with Gasteiger partial charge in [-0.25, -0.2) is 4.79 Å². The Balaban J connectivity index is 4.20. The summed E-state index contributed by atoms with van der Waals surface area (Å²) in [6, 6.07) is -1.39. The van der Waals surface area contributed by atoms with Crippen molar-refractivity contribution in [1.29, 1.82) is 0 Å². The van der Waals surface area contributed by atoms with Gasteiger partial charge in [-0.05, 0) is 13.8 Å². The average Bonchev–Trinajstić information content (AvgIpc) is 2.23. The fourth-order valence-corrected chi connectivity index (χ4v) is 1.04. The number of hydrogen-bond acceptors (Lipinski definition) is 2. The van der Waals surface area contributed by atoms with E-state index in [-0.39, 0.29) is 0 Å². The molecule has 2 N–H and O–H groups in total. The Morgan fingerprint density at radius 1 is 1.33 bits per heavy atom. The zero-order chi connectivity index (χ0) is 14.5. The predicted molar refractivity (Wildman–Crippen MR) is 58.1 cm³/mol. The molecule has 0 aliphatic rings. The zero-order valence-corrected chi connectivity index (χ0v) is 10.4. The fourth-order valence-electron chi connectivity index (χ4n) is 1.04. The summed E-state index contributed by atoms with van der Waals surface area (Å²) < 4.78 is 35.8. The van der Waals surface area contributed by atoms with E-state index in [9.17, 15) is 22.8 Å². The first-order chi connectivity index (χ1) is 8.04. The van der Waals surface area contributed by atoms with Crippen LogP contribution in [0.4, 0.5) is 18.0 Å². The first-order valence-electron chi connectivity index (χ1n) is 5.35. The van der Waals surface area contributed by atoms with Gasteiger partial charge in [-0.2, -0.15) is 13.2 Å². The molecule has 0 aromatic rings. The van der Waals surface area contributed by atoms with Gasteiger partial charge in [0.1, 0.15) is 0 Å². The summed E-state index contributed by atoms with van der Waals surface area (Å²) in [7, 11) is 1.22. The van der Waals surface area contributed by atoms with Crippen molar-refractivity contribution in [3.05, 3.63) is 0 Å². The van der Waals surface area contributed by atoms with Crippen LogP contribution < -0.4 is 5.32 Å². The number of hydrogen-bond donors (Lipinski definition) is 2. The van der Waals surface area contributed by atoms with Gasteiger partial charge in [0.25, 0.3) is 0 Å². The highest BCUT2D eigenvalue weighted by Crippen LogP contribution is 2.19. The molecule has 2 atom stereocenters. The molecule has 0 aromatic carbocycles. The third kappa shape index (κ3) is 6.31. The van der Waals surface area contributed by atoms with Gasteiger partial charge in [-0.1, -0.05) is 0 Å². The summed E-state index contributed by atoms with van der Waals surface area (Å²) in [6.07, 6.45) is -5.42.